The molecule has 0 N–H and O–H groups in total. The predicted octanol–water partition coefficient (Wildman–Crippen LogP) is 9.99. The number of hydrogen-bond donors (Lipinski definition) is 0. The summed E-state index contributed by atoms with van der Waals surface area (Å²) in [6.07, 6.45) is 0.427. The molecule has 270 valence electrons. The largest absolute Gasteiger partial charge is 0.543 e. The van der Waals surface area contributed by atoms with Gasteiger partial charge in [0.1, 0.15) is 41.5 Å². The summed E-state index contributed by atoms with van der Waals surface area (Å²) in [6.45, 7) is 28.3. The molecule has 0 aliphatic carbocycles. The molecule has 3 heterocycles. The minimum atomic E-state index is -2.05. The highest BCUT2D eigenvalue weighted by molar-refractivity contribution is 6.75. The van der Waals surface area contributed by atoms with Crippen LogP contribution >= 0.6 is 0 Å². The molecule has 3 aromatic rings. The maximum Gasteiger partial charge on any atom is 0.250 e. The smallest absolute Gasteiger partial charge is 0.250 e. The molecule has 3 aliphatic heterocycles. The molecule has 9 heteroatoms. The molecule has 0 amide bonds. The van der Waals surface area contributed by atoms with Crippen molar-refractivity contribution < 1.29 is 27.8 Å². The average Bonchev–Trinajstić information content (AvgIpc) is 3.23. The first kappa shape index (κ1) is 36.5. The van der Waals surface area contributed by atoms with Crippen LogP contribution < -0.4 is 23.1 Å². The first-order valence-electron chi connectivity index (χ1n) is 18.2. The van der Waals surface area contributed by atoms with E-state index < -0.39 is 16.6 Å². The molecule has 7 nitrogen and oxygen atoms in total. The van der Waals surface area contributed by atoms with Crippen molar-refractivity contribution in [1.29, 1.82) is 0 Å². The van der Waals surface area contributed by atoms with Gasteiger partial charge in [-0.15, -0.1) is 0 Å². The van der Waals surface area contributed by atoms with Crippen molar-refractivity contribution in [2.24, 2.45) is 0 Å². The Labute approximate surface area is 302 Å². The van der Waals surface area contributed by atoms with E-state index in [1.807, 2.05) is 0 Å². The fourth-order valence-electron chi connectivity index (χ4n) is 6.13. The van der Waals surface area contributed by atoms with Crippen molar-refractivity contribution in [2.75, 3.05) is 46.1 Å². The van der Waals surface area contributed by atoms with Gasteiger partial charge in [0, 0.05) is 54.9 Å². The van der Waals surface area contributed by atoms with Crippen LogP contribution in [0.15, 0.2) is 60.7 Å². The zero-order valence-electron chi connectivity index (χ0n) is 31.9. The van der Waals surface area contributed by atoms with Crippen molar-refractivity contribution in [3.05, 3.63) is 77.4 Å². The highest BCUT2D eigenvalue weighted by Crippen LogP contribution is 2.53. The van der Waals surface area contributed by atoms with E-state index in [9.17, 15) is 0 Å². The van der Waals surface area contributed by atoms with Gasteiger partial charge in [-0.25, -0.2) is 0 Å². The van der Waals surface area contributed by atoms with E-state index in [-0.39, 0.29) is 16.2 Å². The van der Waals surface area contributed by atoms with Gasteiger partial charge in [-0.1, -0.05) is 53.7 Å². The third-order valence-corrected chi connectivity index (χ3v) is 20.0. The number of ether oxygens (including phenoxy) is 4. The fourth-order valence-corrected chi connectivity index (χ4v) is 8.18. The molecule has 50 heavy (non-hydrogen) atoms. The molecule has 1 atom stereocenters. The Hall–Kier alpha value is -3.25. The minimum Gasteiger partial charge on any atom is -0.543 e. The second-order valence-electron chi connectivity index (χ2n) is 16.9. The second-order valence-corrected chi connectivity index (χ2v) is 26.4. The highest BCUT2D eigenvalue weighted by Gasteiger charge is 2.41. The average molecular weight is 716 g/mol. The van der Waals surface area contributed by atoms with Crippen LogP contribution in [0.1, 0.15) is 70.8 Å². The van der Waals surface area contributed by atoms with Crippen LogP contribution in [0.5, 0.6) is 28.7 Å². The molecule has 0 unspecified atom stereocenters. The third kappa shape index (κ3) is 7.81. The SMILES string of the molecule is CC(C)(C)[Si](C)(C)Oc1ccc2c(c1)O[C@@H](c1ccc(OCCN3CCOCC3)cc1)C1=C2CCOc2cc(O[Si](C)(C)C(C)(C)C)ccc21. The molecule has 6 rings (SSSR count). The lowest BCUT2D eigenvalue weighted by atomic mass is 9.84. The van der Waals surface area contributed by atoms with Gasteiger partial charge in [-0.3, -0.25) is 4.90 Å². The Balaban J connectivity index is 1.35. The summed E-state index contributed by atoms with van der Waals surface area (Å²) >= 11 is 0. The molecular formula is C41H57NO6Si2. The van der Waals surface area contributed by atoms with Crippen molar-refractivity contribution in [2.45, 2.75) is 90.3 Å². The zero-order chi connectivity index (χ0) is 35.9. The van der Waals surface area contributed by atoms with E-state index in [1.54, 1.807) is 0 Å². The van der Waals surface area contributed by atoms with E-state index in [1.165, 1.54) is 5.57 Å². The van der Waals surface area contributed by atoms with Gasteiger partial charge in [0.05, 0.1) is 19.8 Å². The highest BCUT2D eigenvalue weighted by atomic mass is 28.4. The lowest BCUT2D eigenvalue weighted by Crippen LogP contribution is -2.43. The summed E-state index contributed by atoms with van der Waals surface area (Å²) in [4.78, 5) is 2.39. The lowest BCUT2D eigenvalue weighted by molar-refractivity contribution is 0.0322. The molecular weight excluding hydrogens is 659 g/mol. The number of fused-ring (bicyclic) bond motifs is 4. The Morgan fingerprint density at radius 3 is 1.86 bits per heavy atom. The Kier molecular flexibility index (Phi) is 10.3. The van der Waals surface area contributed by atoms with E-state index in [0.29, 0.717) is 13.2 Å². The topological polar surface area (TPSA) is 58.6 Å². The maximum absolute atomic E-state index is 7.03. The Morgan fingerprint density at radius 2 is 1.26 bits per heavy atom. The summed E-state index contributed by atoms with van der Waals surface area (Å²) in [5.74, 6) is 4.26. The first-order chi connectivity index (χ1) is 23.5. The number of nitrogens with zero attached hydrogens (tertiary/aromatic N) is 1. The molecule has 0 aromatic heterocycles. The van der Waals surface area contributed by atoms with Gasteiger partial charge in [0.2, 0.25) is 16.6 Å². The summed E-state index contributed by atoms with van der Waals surface area (Å²) < 4.78 is 38.7. The quantitative estimate of drug-likeness (QED) is 0.205. The van der Waals surface area contributed by atoms with Crippen molar-refractivity contribution in [3.8, 4) is 28.7 Å². The second kappa shape index (κ2) is 14.1. The number of hydrogen-bond acceptors (Lipinski definition) is 7. The van der Waals surface area contributed by atoms with Crippen LogP contribution in [-0.4, -0.2) is 67.6 Å². The van der Waals surface area contributed by atoms with Crippen LogP contribution in [0.25, 0.3) is 11.1 Å². The van der Waals surface area contributed by atoms with Gasteiger partial charge < -0.3 is 27.8 Å². The zero-order valence-corrected chi connectivity index (χ0v) is 33.9. The molecule has 0 radical (unpaired) electrons. The summed E-state index contributed by atoms with van der Waals surface area (Å²) in [5.41, 5.74) is 5.60. The molecule has 1 fully saturated rings. The van der Waals surface area contributed by atoms with Crippen molar-refractivity contribution in [1.82, 2.24) is 4.90 Å². The van der Waals surface area contributed by atoms with Crippen LogP contribution in [0.2, 0.25) is 36.3 Å². The molecule has 0 bridgehead atoms. The van der Waals surface area contributed by atoms with Crippen LogP contribution in [0.4, 0.5) is 0 Å². The van der Waals surface area contributed by atoms with Gasteiger partial charge in [-0.05, 0) is 83.8 Å². The Bertz CT molecular complexity index is 1700. The molecule has 0 saturated carbocycles. The van der Waals surface area contributed by atoms with Gasteiger partial charge in [-0.2, -0.15) is 0 Å². The summed E-state index contributed by atoms with van der Waals surface area (Å²) in [5, 5.41) is 0.178. The van der Waals surface area contributed by atoms with Crippen molar-refractivity contribution in [3.63, 3.8) is 0 Å². The van der Waals surface area contributed by atoms with Crippen molar-refractivity contribution >= 4 is 27.8 Å². The normalized spacial score (nSPS) is 18.6. The standard InChI is InChI=1S/C41H57NO6Si2/c1-40(2,3)49(7,8)47-31-16-18-35-36(27-31)45-23-19-34-33-17-15-32(48-50(9,10)41(4,5)6)28-37(33)46-39(38(34)35)29-11-13-30(14-12-29)44-26-22-42-20-24-43-25-21-42/h11-18,27-28,39H,19-26H2,1-10H3/t39-/m0/s1. The monoisotopic (exact) mass is 715 g/mol. The minimum absolute atomic E-state index is 0.0868. The van der Waals surface area contributed by atoms with Gasteiger partial charge in [0.15, 0.2) is 0 Å². The first-order valence-corrected chi connectivity index (χ1v) is 24.1. The number of benzene rings is 3. The molecule has 3 aliphatic rings. The third-order valence-electron chi connectivity index (χ3n) is 11.3. The predicted molar refractivity (Wildman–Crippen MR) is 208 cm³/mol. The lowest BCUT2D eigenvalue weighted by Gasteiger charge is -2.37. The fraction of sp³-hybridized carbons (Fsp3) is 0.512. The van der Waals surface area contributed by atoms with E-state index in [0.717, 1.165) is 90.3 Å². The summed E-state index contributed by atoms with van der Waals surface area (Å²) in [7, 11) is -4.08. The van der Waals surface area contributed by atoms with E-state index in [4.69, 9.17) is 27.8 Å². The van der Waals surface area contributed by atoms with Crippen LogP contribution in [-0.2, 0) is 4.74 Å². The van der Waals surface area contributed by atoms with Gasteiger partial charge in [0.25, 0.3) is 0 Å². The van der Waals surface area contributed by atoms with Crippen LogP contribution in [0.3, 0.4) is 0 Å². The van der Waals surface area contributed by atoms with E-state index in [2.05, 4.69) is 133 Å². The van der Waals surface area contributed by atoms with E-state index >= 15 is 0 Å². The van der Waals surface area contributed by atoms with Gasteiger partial charge >= 0.3 is 0 Å². The molecule has 3 aromatic carbocycles. The molecule has 1 saturated heterocycles. The molecule has 0 spiro atoms. The Morgan fingerprint density at radius 1 is 0.700 bits per heavy atom. The maximum atomic E-state index is 7.03. The number of rotatable bonds is 9. The van der Waals surface area contributed by atoms with Crippen LogP contribution in [0, 0.1) is 0 Å². The number of morpholine rings is 1. The summed E-state index contributed by atoms with van der Waals surface area (Å²) in [6, 6.07) is 21.1.